The van der Waals surface area contributed by atoms with E-state index in [0.717, 1.165) is 29.7 Å². The zero-order valence-electron chi connectivity index (χ0n) is 19.6. The van der Waals surface area contributed by atoms with Gasteiger partial charge in [-0.2, -0.15) is 0 Å². The van der Waals surface area contributed by atoms with Crippen LogP contribution >= 0.6 is 0 Å². The lowest BCUT2D eigenvalue weighted by molar-refractivity contribution is -0.139. The maximum atomic E-state index is 13.4. The van der Waals surface area contributed by atoms with Crippen LogP contribution in [0.2, 0.25) is 0 Å². The van der Waals surface area contributed by atoms with E-state index in [9.17, 15) is 18.8 Å². The summed E-state index contributed by atoms with van der Waals surface area (Å²) in [5.41, 5.74) is 0.108. The highest BCUT2D eigenvalue weighted by molar-refractivity contribution is 6.09. The van der Waals surface area contributed by atoms with Crippen molar-refractivity contribution in [2.45, 2.75) is 44.2 Å². The summed E-state index contributed by atoms with van der Waals surface area (Å²) in [5.74, 6) is 0.127. The van der Waals surface area contributed by atoms with Crippen LogP contribution in [0.3, 0.4) is 0 Å². The van der Waals surface area contributed by atoms with Gasteiger partial charge in [0.1, 0.15) is 17.9 Å². The molecule has 3 heterocycles. The van der Waals surface area contributed by atoms with Crippen LogP contribution in [-0.2, 0) is 15.1 Å². The van der Waals surface area contributed by atoms with Gasteiger partial charge < -0.3 is 19.7 Å². The first-order chi connectivity index (χ1) is 16.9. The number of fused-ring (bicyclic) bond motifs is 1. The molecule has 0 radical (unpaired) electrons. The predicted molar refractivity (Wildman–Crippen MR) is 124 cm³/mol. The number of hydrogen-bond donors (Lipinski definition) is 1. The molecule has 0 unspecified atom stereocenters. The summed E-state index contributed by atoms with van der Waals surface area (Å²) in [6, 6.07) is 10.4. The number of carbonyl (C=O) groups excluding carboxylic acids is 3. The average molecular weight is 482 g/mol. The molecule has 0 aromatic heterocycles. The lowest BCUT2D eigenvalue weighted by atomic mass is 9.87. The zero-order valence-corrected chi connectivity index (χ0v) is 19.6. The third-order valence-corrected chi connectivity index (χ3v) is 7.07. The van der Waals surface area contributed by atoms with Crippen molar-refractivity contribution in [3.05, 3.63) is 59.4 Å². The molecule has 184 valence electrons. The fourth-order valence-corrected chi connectivity index (χ4v) is 5.17. The largest absolute Gasteiger partial charge is 0.490 e. The molecule has 35 heavy (non-hydrogen) atoms. The molecule has 5 rings (SSSR count). The molecule has 0 aliphatic carbocycles. The van der Waals surface area contributed by atoms with Gasteiger partial charge in [0.2, 0.25) is 5.91 Å². The molecule has 2 fully saturated rings. The summed E-state index contributed by atoms with van der Waals surface area (Å²) in [4.78, 5) is 42.3. The van der Waals surface area contributed by atoms with E-state index in [-0.39, 0.29) is 24.9 Å². The summed E-state index contributed by atoms with van der Waals surface area (Å²) < 4.78 is 25.0. The van der Waals surface area contributed by atoms with Gasteiger partial charge in [-0.15, -0.1) is 0 Å². The Morgan fingerprint density at radius 1 is 1.09 bits per heavy atom. The van der Waals surface area contributed by atoms with Gasteiger partial charge in [-0.05, 0) is 54.7 Å². The standard InChI is InChI=1S/C26H28FN3O5/c1-2-26(18-7-9-19(27)10-8-18)24(32)30(25(33)28-26)16-23(31)29-12-3-5-20(29)17-6-11-21-22(15-17)35-14-4-13-34-21/h6-11,15,20H,2-5,12-14,16H2,1H3,(H,28,33)/t20-,26+/m0/s1. The third-order valence-electron chi connectivity index (χ3n) is 7.07. The van der Waals surface area contributed by atoms with E-state index in [4.69, 9.17) is 9.47 Å². The Hall–Kier alpha value is -3.62. The lowest BCUT2D eigenvalue weighted by Gasteiger charge is -2.28. The van der Waals surface area contributed by atoms with Gasteiger partial charge in [0.05, 0.1) is 19.3 Å². The van der Waals surface area contributed by atoms with E-state index >= 15 is 0 Å². The number of rotatable bonds is 5. The number of carbonyl (C=O) groups is 3. The van der Waals surface area contributed by atoms with E-state index in [1.54, 1.807) is 11.8 Å². The zero-order chi connectivity index (χ0) is 24.6. The summed E-state index contributed by atoms with van der Waals surface area (Å²) in [6.45, 7) is 3.13. The first kappa shape index (κ1) is 23.1. The van der Waals surface area contributed by atoms with Crippen molar-refractivity contribution in [3.63, 3.8) is 0 Å². The molecule has 2 atom stereocenters. The summed E-state index contributed by atoms with van der Waals surface area (Å²) >= 11 is 0. The molecule has 8 nitrogen and oxygen atoms in total. The number of benzene rings is 2. The molecular formula is C26H28FN3O5. The normalized spacial score (nSPS) is 23.9. The molecule has 0 saturated carbocycles. The predicted octanol–water partition coefficient (Wildman–Crippen LogP) is 3.51. The highest BCUT2D eigenvalue weighted by Crippen LogP contribution is 2.38. The van der Waals surface area contributed by atoms with Crippen molar-refractivity contribution in [1.82, 2.24) is 15.1 Å². The second kappa shape index (κ2) is 9.20. The number of likely N-dealkylation sites (tertiary alicyclic amines) is 1. The van der Waals surface area contributed by atoms with Gasteiger partial charge in [-0.25, -0.2) is 9.18 Å². The average Bonchev–Trinajstić information content (AvgIpc) is 3.35. The highest BCUT2D eigenvalue weighted by atomic mass is 19.1. The minimum absolute atomic E-state index is 0.173. The molecule has 1 N–H and O–H groups in total. The van der Waals surface area contributed by atoms with E-state index < -0.39 is 23.3 Å². The van der Waals surface area contributed by atoms with Crippen LogP contribution in [0, 0.1) is 5.82 Å². The number of nitrogens with one attached hydrogen (secondary N) is 1. The molecule has 0 bridgehead atoms. The van der Waals surface area contributed by atoms with Crippen LogP contribution in [0.25, 0.3) is 0 Å². The minimum Gasteiger partial charge on any atom is -0.490 e. The van der Waals surface area contributed by atoms with Crippen molar-refractivity contribution < 1.29 is 28.2 Å². The van der Waals surface area contributed by atoms with Crippen LogP contribution in [0.5, 0.6) is 11.5 Å². The van der Waals surface area contributed by atoms with Crippen LogP contribution in [0.15, 0.2) is 42.5 Å². The van der Waals surface area contributed by atoms with Gasteiger partial charge in [-0.3, -0.25) is 14.5 Å². The number of imide groups is 1. The van der Waals surface area contributed by atoms with E-state index in [0.29, 0.717) is 36.8 Å². The van der Waals surface area contributed by atoms with Crippen molar-refractivity contribution in [2.75, 3.05) is 26.3 Å². The number of ether oxygens (including phenoxy) is 2. The number of nitrogens with zero attached hydrogens (tertiary/aromatic N) is 2. The van der Waals surface area contributed by atoms with Crippen LogP contribution in [0.4, 0.5) is 9.18 Å². The Bertz CT molecular complexity index is 1150. The SMILES string of the molecule is CC[C@]1(c2ccc(F)cc2)NC(=O)N(CC(=O)N2CCC[C@H]2c2ccc3c(c2)OCCCO3)C1=O. The number of amides is 4. The molecule has 3 aliphatic heterocycles. The quantitative estimate of drug-likeness (QED) is 0.661. The molecule has 9 heteroatoms. The maximum absolute atomic E-state index is 13.4. The molecule has 4 amide bonds. The Balaban J connectivity index is 1.34. The minimum atomic E-state index is -1.32. The van der Waals surface area contributed by atoms with Gasteiger partial charge in [-0.1, -0.05) is 25.1 Å². The van der Waals surface area contributed by atoms with E-state index in [2.05, 4.69) is 5.32 Å². The summed E-state index contributed by atoms with van der Waals surface area (Å²) in [7, 11) is 0. The van der Waals surface area contributed by atoms with Crippen molar-refractivity contribution in [3.8, 4) is 11.5 Å². The lowest BCUT2D eigenvalue weighted by Crippen LogP contribution is -2.45. The third kappa shape index (κ3) is 4.09. The van der Waals surface area contributed by atoms with Gasteiger partial charge in [0.25, 0.3) is 5.91 Å². The number of hydrogen-bond acceptors (Lipinski definition) is 5. The Kier molecular flexibility index (Phi) is 6.08. The van der Waals surface area contributed by atoms with Gasteiger partial charge in [0.15, 0.2) is 11.5 Å². The number of urea groups is 1. The van der Waals surface area contributed by atoms with Crippen molar-refractivity contribution in [2.24, 2.45) is 0 Å². The van der Waals surface area contributed by atoms with Crippen molar-refractivity contribution >= 4 is 17.8 Å². The van der Waals surface area contributed by atoms with Gasteiger partial charge in [0, 0.05) is 13.0 Å². The van der Waals surface area contributed by atoms with Crippen LogP contribution in [0.1, 0.15) is 49.8 Å². The Labute approximate surface area is 203 Å². The van der Waals surface area contributed by atoms with E-state index in [1.165, 1.54) is 24.3 Å². The Morgan fingerprint density at radius 3 is 2.57 bits per heavy atom. The van der Waals surface area contributed by atoms with Crippen LogP contribution in [-0.4, -0.2) is 53.9 Å². The van der Waals surface area contributed by atoms with E-state index in [1.807, 2.05) is 18.2 Å². The first-order valence-electron chi connectivity index (χ1n) is 12.0. The fraction of sp³-hybridized carbons (Fsp3) is 0.423. The topological polar surface area (TPSA) is 88.2 Å². The molecule has 0 spiro atoms. The molecular weight excluding hydrogens is 453 g/mol. The Morgan fingerprint density at radius 2 is 1.83 bits per heavy atom. The summed E-state index contributed by atoms with van der Waals surface area (Å²) in [6.07, 6.45) is 2.68. The monoisotopic (exact) mass is 481 g/mol. The molecule has 2 aromatic carbocycles. The first-order valence-corrected chi connectivity index (χ1v) is 12.0. The molecule has 3 aliphatic rings. The second-order valence-corrected chi connectivity index (χ2v) is 9.09. The molecule has 2 aromatic rings. The highest BCUT2D eigenvalue weighted by Gasteiger charge is 2.52. The maximum Gasteiger partial charge on any atom is 0.325 e. The molecule has 2 saturated heterocycles. The number of halogens is 1. The van der Waals surface area contributed by atoms with Gasteiger partial charge >= 0.3 is 6.03 Å². The fourth-order valence-electron chi connectivity index (χ4n) is 5.17. The summed E-state index contributed by atoms with van der Waals surface area (Å²) in [5, 5.41) is 2.75. The van der Waals surface area contributed by atoms with Crippen LogP contribution < -0.4 is 14.8 Å². The smallest absolute Gasteiger partial charge is 0.325 e. The van der Waals surface area contributed by atoms with Crippen molar-refractivity contribution in [1.29, 1.82) is 0 Å². The second-order valence-electron chi connectivity index (χ2n) is 9.09.